The van der Waals surface area contributed by atoms with Gasteiger partial charge in [0.05, 0.1) is 25.1 Å². The quantitative estimate of drug-likeness (QED) is 0.110. The molecule has 5 atom stereocenters. The Bertz CT molecular complexity index is 1240. The van der Waals surface area contributed by atoms with Crippen LogP contribution in [0.15, 0.2) is 11.4 Å². The van der Waals surface area contributed by atoms with E-state index in [4.69, 9.17) is 31.5 Å². The number of azide groups is 1. The van der Waals surface area contributed by atoms with Gasteiger partial charge in [0, 0.05) is 11.3 Å². The lowest BCUT2D eigenvalue weighted by molar-refractivity contribution is -0.0230. The Morgan fingerprint density at radius 3 is 2.55 bits per heavy atom. The van der Waals surface area contributed by atoms with Gasteiger partial charge < -0.3 is 35.8 Å². The fourth-order valence-electron chi connectivity index (χ4n) is 2.86. The monoisotopic (exact) mass is 531 g/mol. The first-order chi connectivity index (χ1) is 15.2. The van der Waals surface area contributed by atoms with E-state index in [-0.39, 0.29) is 29.4 Å². The average Bonchev–Trinajstić information content (AvgIpc) is 3.21. The Balaban J connectivity index is 1.75. The maximum Gasteiger partial charge on any atom is 0.490 e. The summed E-state index contributed by atoms with van der Waals surface area (Å²) in [7, 11) is -16.6. The number of nitrogen functional groups attached to an aromatic ring is 2. The van der Waals surface area contributed by atoms with Gasteiger partial charge in [-0.05, 0) is 5.53 Å². The van der Waals surface area contributed by atoms with Gasteiger partial charge in [-0.25, -0.2) is 18.7 Å². The summed E-state index contributed by atoms with van der Waals surface area (Å²) >= 11 is 0. The van der Waals surface area contributed by atoms with Crippen molar-refractivity contribution in [3.05, 3.63) is 16.8 Å². The number of phosphoric ester groups is 1. The normalized spacial score (nSPS) is 24.8. The summed E-state index contributed by atoms with van der Waals surface area (Å²) < 4.78 is 52.9. The molecule has 23 heteroatoms. The van der Waals surface area contributed by atoms with Crippen LogP contribution in [0, 0.1) is 0 Å². The van der Waals surface area contributed by atoms with Crippen molar-refractivity contribution in [1.29, 1.82) is 0 Å². The Hall–Kier alpha value is -2.17. The van der Waals surface area contributed by atoms with Crippen LogP contribution in [-0.4, -0.2) is 57.8 Å². The first kappa shape index (κ1) is 25.5. The van der Waals surface area contributed by atoms with Crippen LogP contribution in [0.3, 0.4) is 0 Å². The molecule has 0 amide bonds. The van der Waals surface area contributed by atoms with Crippen LogP contribution in [0.4, 0.5) is 11.8 Å². The molecule has 1 saturated heterocycles. The summed E-state index contributed by atoms with van der Waals surface area (Å²) in [6.45, 7) is -0.810. The number of fused-ring (bicyclic) bond motifs is 1. The summed E-state index contributed by atoms with van der Waals surface area (Å²) in [6, 6.07) is -0.957. The van der Waals surface area contributed by atoms with Crippen LogP contribution in [0.1, 0.15) is 12.6 Å². The van der Waals surface area contributed by atoms with Gasteiger partial charge in [0.2, 0.25) is 5.95 Å². The molecule has 0 aliphatic carbocycles. The Kier molecular flexibility index (Phi) is 7.12. The predicted octanol–water partition coefficient (Wildman–Crippen LogP) is 0.300. The average molecular weight is 531 g/mol. The summed E-state index contributed by atoms with van der Waals surface area (Å²) in [5.74, 6) is -0.138. The summed E-state index contributed by atoms with van der Waals surface area (Å²) in [5.41, 5.74) is 20.5. The van der Waals surface area contributed by atoms with Crippen LogP contribution < -0.4 is 11.5 Å². The number of hydrogen-bond donors (Lipinski definition) is 6. The number of imidazole rings is 1. The summed E-state index contributed by atoms with van der Waals surface area (Å²) in [4.78, 5) is 50.4. The minimum atomic E-state index is -5.69. The second-order valence-electron chi connectivity index (χ2n) is 6.32. The minimum absolute atomic E-state index is 0.00468. The third-order valence-electron chi connectivity index (χ3n) is 4.00. The standard InChI is InChI=1S/C10H16N9O11P3/c11-8-7-9(16-10(12)15-8)19(3-14-7)6-1-4(17-18-13)5(28-6)2-27-32(23,24)30-33(25,26)29-31(20,21)22/h3-6H,1-2H2,(H,23,24)(H,25,26)(H2,20,21,22)(H4,11,12,15,16)/t4?,5-,6-/m0/s1. The lowest BCUT2D eigenvalue weighted by Crippen LogP contribution is -2.24. The van der Waals surface area contributed by atoms with Crippen LogP contribution >= 0.6 is 23.5 Å². The van der Waals surface area contributed by atoms with E-state index in [1.807, 2.05) is 0 Å². The second kappa shape index (κ2) is 9.23. The molecule has 1 aliphatic heterocycles. The fourth-order valence-corrected chi connectivity index (χ4v) is 5.89. The van der Waals surface area contributed by atoms with Gasteiger partial charge in [-0.15, -0.1) is 0 Å². The molecule has 3 unspecified atom stereocenters. The molecular formula is C10H16N9O11P3. The molecule has 2 aromatic heterocycles. The van der Waals surface area contributed by atoms with E-state index in [9.17, 15) is 23.5 Å². The first-order valence-corrected chi connectivity index (χ1v) is 13.0. The van der Waals surface area contributed by atoms with E-state index in [0.29, 0.717) is 0 Å². The number of aromatic nitrogens is 4. The number of rotatable bonds is 9. The number of nitrogens with zero attached hydrogens (tertiary/aromatic N) is 7. The summed E-state index contributed by atoms with van der Waals surface area (Å²) in [5, 5.41) is 3.52. The highest BCUT2D eigenvalue weighted by atomic mass is 31.3. The third-order valence-corrected chi connectivity index (χ3v) is 7.80. The van der Waals surface area contributed by atoms with Crippen molar-refractivity contribution in [2.45, 2.75) is 24.8 Å². The molecule has 0 bridgehead atoms. The molecule has 2 aromatic rings. The van der Waals surface area contributed by atoms with Gasteiger partial charge in [0.1, 0.15) is 11.7 Å². The van der Waals surface area contributed by atoms with E-state index in [1.54, 1.807) is 0 Å². The molecule has 3 heterocycles. The SMILES string of the molecule is [N-]=[N+]=NC1C[C@@H](n2cnc3c(N)nc(N)nc32)O[C@H]1COP(=O)(O)OP(=O)(O)OP(=O)(O)O. The second-order valence-corrected chi connectivity index (χ2v) is 10.7. The van der Waals surface area contributed by atoms with Crippen molar-refractivity contribution in [3.63, 3.8) is 0 Å². The van der Waals surface area contributed by atoms with Crippen molar-refractivity contribution in [3.8, 4) is 0 Å². The van der Waals surface area contributed by atoms with Gasteiger partial charge in [0.25, 0.3) is 0 Å². The third kappa shape index (κ3) is 6.45. The van der Waals surface area contributed by atoms with Crippen molar-refractivity contribution in [2.75, 3.05) is 18.1 Å². The van der Waals surface area contributed by atoms with Crippen molar-refractivity contribution in [2.24, 2.45) is 5.11 Å². The predicted molar refractivity (Wildman–Crippen MR) is 105 cm³/mol. The molecule has 20 nitrogen and oxygen atoms in total. The minimum Gasteiger partial charge on any atom is -0.382 e. The largest absolute Gasteiger partial charge is 0.490 e. The van der Waals surface area contributed by atoms with Crippen molar-refractivity contribution >= 4 is 46.4 Å². The Morgan fingerprint density at radius 1 is 1.21 bits per heavy atom. The molecule has 0 saturated carbocycles. The lowest BCUT2D eigenvalue weighted by Gasteiger charge is -2.19. The van der Waals surface area contributed by atoms with Crippen LogP contribution in [0.25, 0.3) is 21.6 Å². The first-order valence-electron chi connectivity index (χ1n) is 8.43. The fraction of sp³-hybridized carbons (Fsp3) is 0.500. The highest BCUT2D eigenvalue weighted by Gasteiger charge is 2.43. The molecule has 182 valence electrons. The van der Waals surface area contributed by atoms with Crippen molar-refractivity contribution < 1.29 is 51.2 Å². The Morgan fingerprint density at radius 2 is 1.91 bits per heavy atom. The van der Waals surface area contributed by atoms with Crippen LogP contribution in [0.5, 0.6) is 0 Å². The topological polar surface area (TPSA) is 313 Å². The molecule has 1 fully saturated rings. The summed E-state index contributed by atoms with van der Waals surface area (Å²) in [6.07, 6.45) is -0.736. The molecule has 1 aliphatic rings. The van der Waals surface area contributed by atoms with E-state index < -0.39 is 48.4 Å². The number of nitrogens with two attached hydrogens (primary N) is 2. The zero-order chi connectivity index (χ0) is 24.6. The van der Waals surface area contributed by atoms with Gasteiger partial charge in [-0.1, -0.05) is 5.11 Å². The highest BCUT2D eigenvalue weighted by molar-refractivity contribution is 7.66. The maximum absolute atomic E-state index is 11.9. The van der Waals surface area contributed by atoms with Crippen LogP contribution in [0.2, 0.25) is 0 Å². The number of phosphoric acid groups is 3. The number of anilines is 2. The smallest absolute Gasteiger partial charge is 0.382 e. The highest BCUT2D eigenvalue weighted by Crippen LogP contribution is 2.66. The van der Waals surface area contributed by atoms with Gasteiger partial charge in [-0.2, -0.15) is 18.6 Å². The van der Waals surface area contributed by atoms with E-state index in [0.717, 1.165) is 0 Å². The van der Waals surface area contributed by atoms with E-state index in [2.05, 4.69) is 38.1 Å². The van der Waals surface area contributed by atoms with E-state index in [1.165, 1.54) is 10.9 Å². The molecule has 0 aromatic carbocycles. The van der Waals surface area contributed by atoms with Gasteiger partial charge in [-0.3, -0.25) is 9.09 Å². The Labute approximate surface area is 182 Å². The molecule has 8 N–H and O–H groups in total. The van der Waals surface area contributed by atoms with Gasteiger partial charge >= 0.3 is 23.5 Å². The molecular weight excluding hydrogens is 515 g/mol. The van der Waals surface area contributed by atoms with E-state index >= 15 is 0 Å². The van der Waals surface area contributed by atoms with Crippen molar-refractivity contribution in [1.82, 2.24) is 19.5 Å². The number of hydrogen-bond acceptors (Lipinski definition) is 13. The molecule has 0 radical (unpaired) electrons. The lowest BCUT2D eigenvalue weighted by atomic mass is 10.1. The zero-order valence-electron chi connectivity index (χ0n) is 16.0. The zero-order valence-corrected chi connectivity index (χ0v) is 18.7. The van der Waals surface area contributed by atoms with Gasteiger partial charge in [0.15, 0.2) is 11.5 Å². The molecule has 33 heavy (non-hydrogen) atoms. The molecule has 3 rings (SSSR count). The maximum atomic E-state index is 11.9. The molecule has 0 spiro atoms. The number of ether oxygens (including phenoxy) is 1. The van der Waals surface area contributed by atoms with Crippen LogP contribution in [-0.2, 0) is 31.6 Å².